The zero-order chi connectivity index (χ0) is 21.7. The monoisotopic (exact) mass is 431 g/mol. The van der Waals surface area contributed by atoms with Crippen LogP contribution in [-0.4, -0.2) is 36.1 Å². The van der Waals surface area contributed by atoms with E-state index < -0.39 is 11.4 Å². The quantitative estimate of drug-likeness (QED) is 0.465. The molecule has 160 valence electrons. The number of ether oxygens (including phenoxy) is 2. The van der Waals surface area contributed by atoms with E-state index in [0.717, 1.165) is 31.2 Å². The van der Waals surface area contributed by atoms with Crippen molar-refractivity contribution >= 4 is 23.4 Å². The number of pyridine rings is 1. The summed E-state index contributed by atoms with van der Waals surface area (Å²) in [6.45, 7) is 0. The van der Waals surface area contributed by atoms with Crippen LogP contribution in [0.25, 0.3) is 11.1 Å². The fourth-order valence-corrected chi connectivity index (χ4v) is 4.35. The van der Waals surface area contributed by atoms with Gasteiger partial charge in [0.25, 0.3) is 0 Å². The van der Waals surface area contributed by atoms with Crippen LogP contribution in [0, 0.1) is 5.41 Å². The molecule has 1 aromatic heterocycles. The molecule has 3 rings (SSSR count). The SMILES string of the molecule is COc1ccc(-c2cc(C(=O)CC3(C(=O)O)CCCCCC3)cnc2OC)cc1Cl. The molecule has 7 heteroatoms. The van der Waals surface area contributed by atoms with E-state index in [2.05, 4.69) is 4.98 Å². The number of carboxylic acids is 1. The number of ketones is 1. The molecule has 0 spiro atoms. The molecule has 1 heterocycles. The highest BCUT2D eigenvalue weighted by atomic mass is 35.5. The van der Waals surface area contributed by atoms with Gasteiger partial charge < -0.3 is 14.6 Å². The van der Waals surface area contributed by atoms with Crippen LogP contribution in [0.5, 0.6) is 11.6 Å². The number of Topliss-reactive ketones (excluding diaryl/α,β-unsaturated/α-hetero) is 1. The summed E-state index contributed by atoms with van der Waals surface area (Å²) in [7, 11) is 3.04. The normalized spacial score (nSPS) is 15.8. The van der Waals surface area contributed by atoms with Gasteiger partial charge in [0.05, 0.1) is 24.7 Å². The molecule has 0 atom stereocenters. The van der Waals surface area contributed by atoms with Crippen molar-refractivity contribution < 1.29 is 24.2 Å². The van der Waals surface area contributed by atoms with Gasteiger partial charge in [-0.05, 0) is 36.6 Å². The number of methoxy groups -OCH3 is 2. The van der Waals surface area contributed by atoms with Crippen molar-refractivity contribution in [2.24, 2.45) is 5.41 Å². The van der Waals surface area contributed by atoms with Gasteiger partial charge >= 0.3 is 5.97 Å². The first kappa shape index (κ1) is 22.1. The molecule has 1 aromatic carbocycles. The minimum absolute atomic E-state index is 0.0286. The van der Waals surface area contributed by atoms with Crippen LogP contribution in [0.2, 0.25) is 5.02 Å². The van der Waals surface area contributed by atoms with Crippen LogP contribution in [0.1, 0.15) is 55.3 Å². The lowest BCUT2D eigenvalue weighted by atomic mass is 9.75. The van der Waals surface area contributed by atoms with Gasteiger partial charge in [-0.15, -0.1) is 0 Å². The average molecular weight is 432 g/mol. The zero-order valence-corrected chi connectivity index (χ0v) is 18.0. The van der Waals surface area contributed by atoms with Crippen molar-refractivity contribution in [3.63, 3.8) is 0 Å². The number of rotatable bonds is 7. The number of hydrogen-bond donors (Lipinski definition) is 1. The van der Waals surface area contributed by atoms with Crippen LogP contribution in [0.15, 0.2) is 30.5 Å². The van der Waals surface area contributed by atoms with Crippen LogP contribution < -0.4 is 9.47 Å². The number of halogens is 1. The Labute approximate surface area is 181 Å². The van der Waals surface area contributed by atoms with Gasteiger partial charge in [-0.1, -0.05) is 43.4 Å². The summed E-state index contributed by atoms with van der Waals surface area (Å²) < 4.78 is 10.6. The molecule has 2 aromatic rings. The van der Waals surface area contributed by atoms with Crippen molar-refractivity contribution in [2.75, 3.05) is 14.2 Å². The molecule has 0 radical (unpaired) electrons. The molecule has 1 aliphatic carbocycles. The molecule has 0 bridgehead atoms. The minimum Gasteiger partial charge on any atom is -0.495 e. The lowest BCUT2D eigenvalue weighted by Gasteiger charge is -2.27. The van der Waals surface area contributed by atoms with Crippen LogP contribution in [-0.2, 0) is 4.79 Å². The molecule has 1 saturated carbocycles. The first-order chi connectivity index (χ1) is 14.4. The molecular weight excluding hydrogens is 406 g/mol. The smallest absolute Gasteiger partial charge is 0.310 e. The molecule has 1 fully saturated rings. The number of aliphatic carboxylic acids is 1. The zero-order valence-electron chi connectivity index (χ0n) is 17.2. The number of carbonyl (C=O) groups excluding carboxylic acids is 1. The third kappa shape index (κ3) is 4.59. The van der Waals surface area contributed by atoms with E-state index >= 15 is 0 Å². The summed E-state index contributed by atoms with van der Waals surface area (Å²) in [4.78, 5) is 29.4. The van der Waals surface area contributed by atoms with Gasteiger partial charge in [-0.3, -0.25) is 9.59 Å². The number of aromatic nitrogens is 1. The molecule has 6 nitrogen and oxygen atoms in total. The Bertz CT molecular complexity index is 935. The molecule has 0 saturated heterocycles. The Hall–Kier alpha value is -2.60. The van der Waals surface area contributed by atoms with Crippen molar-refractivity contribution in [1.29, 1.82) is 0 Å². The summed E-state index contributed by atoms with van der Waals surface area (Å²) in [5, 5.41) is 10.3. The summed E-state index contributed by atoms with van der Waals surface area (Å²) in [6, 6.07) is 6.95. The van der Waals surface area contributed by atoms with Crippen molar-refractivity contribution in [1.82, 2.24) is 4.98 Å². The fourth-order valence-electron chi connectivity index (χ4n) is 4.09. The second-order valence-corrected chi connectivity index (χ2v) is 8.14. The number of carboxylic acid groups (broad SMARTS) is 1. The van der Waals surface area contributed by atoms with Crippen molar-refractivity contribution in [2.45, 2.75) is 44.9 Å². The van der Waals surface area contributed by atoms with Crippen molar-refractivity contribution in [3.05, 3.63) is 41.0 Å². The largest absolute Gasteiger partial charge is 0.495 e. The fraction of sp³-hybridized carbons (Fsp3) is 0.435. The summed E-state index contributed by atoms with van der Waals surface area (Å²) in [5.74, 6) is -0.219. The Morgan fingerprint density at radius 2 is 1.80 bits per heavy atom. The lowest BCUT2D eigenvalue weighted by molar-refractivity contribution is -0.149. The summed E-state index contributed by atoms with van der Waals surface area (Å²) in [5.41, 5.74) is 0.694. The number of benzene rings is 1. The molecule has 0 unspecified atom stereocenters. The molecule has 30 heavy (non-hydrogen) atoms. The van der Waals surface area contributed by atoms with Gasteiger partial charge in [0, 0.05) is 23.7 Å². The van der Waals surface area contributed by atoms with E-state index in [0.29, 0.717) is 40.6 Å². The van der Waals surface area contributed by atoms with Crippen LogP contribution in [0.4, 0.5) is 0 Å². The molecule has 0 amide bonds. The summed E-state index contributed by atoms with van der Waals surface area (Å²) in [6.07, 6.45) is 6.15. The maximum absolute atomic E-state index is 13.1. The number of hydrogen-bond acceptors (Lipinski definition) is 5. The number of carbonyl (C=O) groups is 2. The van der Waals surface area contributed by atoms with E-state index in [1.165, 1.54) is 20.4 Å². The third-order valence-corrected chi connectivity index (χ3v) is 6.14. The predicted octanol–water partition coefficient (Wildman–Crippen LogP) is 5.42. The standard InChI is InChI=1S/C23H26ClNO5/c1-29-20-8-7-15(12-18(20)24)17-11-16(14-25-21(17)30-2)19(26)13-23(22(27)28)9-5-3-4-6-10-23/h7-8,11-12,14H,3-6,9-10,13H2,1-2H3,(H,27,28). The summed E-state index contributed by atoms with van der Waals surface area (Å²) >= 11 is 6.26. The molecule has 0 aliphatic heterocycles. The first-order valence-corrected chi connectivity index (χ1v) is 10.4. The van der Waals surface area contributed by atoms with Gasteiger partial charge in [-0.25, -0.2) is 4.98 Å². The maximum Gasteiger partial charge on any atom is 0.310 e. The van der Waals surface area contributed by atoms with Gasteiger partial charge in [-0.2, -0.15) is 0 Å². The number of nitrogens with zero attached hydrogens (tertiary/aromatic N) is 1. The highest BCUT2D eigenvalue weighted by Gasteiger charge is 2.40. The average Bonchev–Trinajstić information content (AvgIpc) is 2.99. The third-order valence-electron chi connectivity index (χ3n) is 5.84. The van der Waals surface area contributed by atoms with E-state index in [1.54, 1.807) is 18.2 Å². The highest BCUT2D eigenvalue weighted by Crippen LogP contribution is 2.40. The molecule has 1 N–H and O–H groups in total. The Morgan fingerprint density at radius 3 is 2.37 bits per heavy atom. The van der Waals surface area contributed by atoms with Crippen molar-refractivity contribution in [3.8, 4) is 22.8 Å². The van der Waals surface area contributed by atoms with Gasteiger partial charge in [0.15, 0.2) is 5.78 Å². The van der Waals surface area contributed by atoms with E-state index in [4.69, 9.17) is 21.1 Å². The van der Waals surface area contributed by atoms with E-state index in [1.807, 2.05) is 6.07 Å². The lowest BCUT2D eigenvalue weighted by Crippen LogP contribution is -2.33. The molecule has 1 aliphatic rings. The Morgan fingerprint density at radius 1 is 1.10 bits per heavy atom. The molecular formula is C23H26ClNO5. The predicted molar refractivity (Wildman–Crippen MR) is 115 cm³/mol. The highest BCUT2D eigenvalue weighted by molar-refractivity contribution is 6.32. The Balaban J connectivity index is 1.94. The second kappa shape index (κ2) is 9.47. The van der Waals surface area contributed by atoms with Gasteiger partial charge in [0.2, 0.25) is 5.88 Å². The maximum atomic E-state index is 13.1. The van der Waals surface area contributed by atoms with E-state index in [-0.39, 0.29) is 12.2 Å². The topological polar surface area (TPSA) is 85.7 Å². The first-order valence-electron chi connectivity index (χ1n) is 10.0. The minimum atomic E-state index is -1.00. The Kier molecular flexibility index (Phi) is 6.98. The van der Waals surface area contributed by atoms with Gasteiger partial charge in [0.1, 0.15) is 5.75 Å². The van der Waals surface area contributed by atoms with Crippen LogP contribution in [0.3, 0.4) is 0 Å². The van der Waals surface area contributed by atoms with Crippen LogP contribution >= 0.6 is 11.6 Å². The van der Waals surface area contributed by atoms with E-state index in [9.17, 15) is 14.7 Å². The second-order valence-electron chi connectivity index (χ2n) is 7.73.